The highest BCUT2D eigenvalue weighted by atomic mass is 79.9. The van der Waals surface area contributed by atoms with Crippen molar-refractivity contribution in [1.29, 1.82) is 0 Å². The number of allylic oxidation sites excluding steroid dienone is 4. The summed E-state index contributed by atoms with van der Waals surface area (Å²) in [5.41, 5.74) is 8.14. The number of fused-ring (bicyclic) bond motifs is 4. The summed E-state index contributed by atoms with van der Waals surface area (Å²) in [7, 11) is 0. The lowest BCUT2D eigenvalue weighted by Crippen LogP contribution is -2.15. The van der Waals surface area contributed by atoms with Gasteiger partial charge in [-0.3, -0.25) is 0 Å². The SMILES string of the molecule is CC=C(C=C1Cc2ccccc2C1(C)C)n1c2ccccc2c2cc(Br)ccc21. The molecule has 1 aromatic heterocycles. The minimum atomic E-state index is 0.0483. The molecule has 1 aliphatic carbocycles. The van der Waals surface area contributed by atoms with Crippen molar-refractivity contribution in [3.63, 3.8) is 0 Å². The molecule has 4 aromatic rings. The van der Waals surface area contributed by atoms with Crippen molar-refractivity contribution in [3.05, 3.63) is 100 Å². The lowest BCUT2D eigenvalue weighted by Gasteiger charge is -2.23. The standard InChI is InChI=1S/C27H24BrN/c1-4-21(16-19-15-18-9-5-7-11-24(18)27(19,2)3)29-25-12-8-6-10-22(25)23-17-20(28)13-14-26(23)29/h4-14,16-17H,15H2,1-3H3. The first-order chi connectivity index (χ1) is 14.0. The van der Waals surface area contributed by atoms with Gasteiger partial charge in [-0.2, -0.15) is 0 Å². The van der Waals surface area contributed by atoms with Gasteiger partial charge in [-0.1, -0.05) is 83.9 Å². The monoisotopic (exact) mass is 441 g/mol. The van der Waals surface area contributed by atoms with E-state index in [9.17, 15) is 0 Å². The molecule has 144 valence electrons. The largest absolute Gasteiger partial charge is 0.310 e. The van der Waals surface area contributed by atoms with Crippen molar-refractivity contribution in [2.24, 2.45) is 0 Å². The van der Waals surface area contributed by atoms with Crippen molar-refractivity contribution in [1.82, 2.24) is 4.57 Å². The Labute approximate surface area is 180 Å². The fourth-order valence-electron chi connectivity index (χ4n) is 4.79. The minimum absolute atomic E-state index is 0.0483. The maximum atomic E-state index is 3.65. The number of hydrogen-bond acceptors (Lipinski definition) is 0. The first-order valence-corrected chi connectivity index (χ1v) is 10.9. The van der Waals surface area contributed by atoms with Crippen LogP contribution in [0.4, 0.5) is 0 Å². The fourth-order valence-corrected chi connectivity index (χ4v) is 5.15. The number of halogens is 1. The van der Waals surface area contributed by atoms with Crippen LogP contribution in [0.25, 0.3) is 27.5 Å². The van der Waals surface area contributed by atoms with E-state index in [4.69, 9.17) is 0 Å². The molecule has 29 heavy (non-hydrogen) atoms. The summed E-state index contributed by atoms with van der Waals surface area (Å²) in [6, 6.07) is 24.1. The molecular weight excluding hydrogens is 418 g/mol. The molecule has 0 atom stereocenters. The molecule has 0 radical (unpaired) electrons. The molecule has 0 spiro atoms. The molecule has 0 bridgehead atoms. The molecule has 0 fully saturated rings. The van der Waals surface area contributed by atoms with Gasteiger partial charge in [0.25, 0.3) is 0 Å². The highest BCUT2D eigenvalue weighted by Crippen LogP contribution is 2.44. The van der Waals surface area contributed by atoms with Crippen molar-refractivity contribution in [2.45, 2.75) is 32.6 Å². The van der Waals surface area contributed by atoms with E-state index in [2.05, 4.69) is 120 Å². The molecule has 0 N–H and O–H groups in total. The van der Waals surface area contributed by atoms with E-state index < -0.39 is 0 Å². The maximum Gasteiger partial charge on any atom is 0.0541 e. The van der Waals surface area contributed by atoms with Crippen molar-refractivity contribution in [2.75, 3.05) is 0 Å². The molecule has 5 rings (SSSR count). The molecular formula is C27H24BrN. The smallest absolute Gasteiger partial charge is 0.0541 e. The second kappa shape index (κ2) is 6.74. The Morgan fingerprint density at radius 1 is 0.931 bits per heavy atom. The Hall–Kier alpha value is -2.58. The number of aromatic nitrogens is 1. The van der Waals surface area contributed by atoms with Crippen molar-refractivity contribution in [3.8, 4) is 0 Å². The van der Waals surface area contributed by atoms with Crippen LogP contribution in [0.1, 0.15) is 31.9 Å². The van der Waals surface area contributed by atoms with Crippen LogP contribution in [0.15, 0.2) is 88.9 Å². The lowest BCUT2D eigenvalue weighted by molar-refractivity contribution is 0.644. The fraction of sp³-hybridized carbons (Fsp3) is 0.185. The van der Waals surface area contributed by atoms with E-state index in [0.717, 1.165) is 10.9 Å². The van der Waals surface area contributed by atoms with E-state index in [1.54, 1.807) is 0 Å². The number of hydrogen-bond donors (Lipinski definition) is 0. The van der Waals surface area contributed by atoms with Gasteiger partial charge in [0.05, 0.1) is 11.0 Å². The van der Waals surface area contributed by atoms with Gasteiger partial charge >= 0.3 is 0 Å². The van der Waals surface area contributed by atoms with Crippen LogP contribution in [0.2, 0.25) is 0 Å². The van der Waals surface area contributed by atoms with Gasteiger partial charge in [-0.25, -0.2) is 0 Å². The summed E-state index contributed by atoms with van der Waals surface area (Å²) in [4.78, 5) is 0. The molecule has 3 aromatic carbocycles. The maximum absolute atomic E-state index is 3.65. The Morgan fingerprint density at radius 3 is 2.45 bits per heavy atom. The summed E-state index contributed by atoms with van der Waals surface area (Å²) >= 11 is 3.65. The zero-order chi connectivity index (χ0) is 20.2. The van der Waals surface area contributed by atoms with Gasteiger partial charge in [0, 0.05) is 26.4 Å². The number of para-hydroxylation sites is 1. The number of benzene rings is 3. The van der Waals surface area contributed by atoms with E-state index in [1.165, 1.54) is 44.2 Å². The summed E-state index contributed by atoms with van der Waals surface area (Å²) in [5, 5.41) is 2.57. The number of nitrogens with zero attached hydrogens (tertiary/aromatic N) is 1. The molecule has 0 amide bonds. The Morgan fingerprint density at radius 2 is 1.66 bits per heavy atom. The zero-order valence-corrected chi connectivity index (χ0v) is 18.6. The summed E-state index contributed by atoms with van der Waals surface area (Å²) in [6.45, 7) is 6.84. The third kappa shape index (κ3) is 2.81. The van der Waals surface area contributed by atoms with Crippen LogP contribution < -0.4 is 0 Å². The van der Waals surface area contributed by atoms with Crippen LogP contribution in [-0.4, -0.2) is 4.57 Å². The van der Waals surface area contributed by atoms with Crippen LogP contribution in [0, 0.1) is 0 Å². The van der Waals surface area contributed by atoms with Gasteiger partial charge in [-0.05, 0) is 54.8 Å². The average molecular weight is 442 g/mol. The van der Waals surface area contributed by atoms with E-state index >= 15 is 0 Å². The molecule has 2 heteroatoms. The van der Waals surface area contributed by atoms with Gasteiger partial charge in [-0.15, -0.1) is 0 Å². The summed E-state index contributed by atoms with van der Waals surface area (Å²) in [6.07, 6.45) is 5.66. The van der Waals surface area contributed by atoms with Crippen LogP contribution in [0.3, 0.4) is 0 Å². The molecule has 1 aliphatic rings. The van der Waals surface area contributed by atoms with Crippen molar-refractivity contribution < 1.29 is 0 Å². The Bertz CT molecular complexity index is 1320. The molecule has 0 saturated carbocycles. The van der Waals surface area contributed by atoms with Gasteiger partial charge in [0.1, 0.15) is 0 Å². The van der Waals surface area contributed by atoms with Crippen LogP contribution in [0.5, 0.6) is 0 Å². The van der Waals surface area contributed by atoms with E-state index in [-0.39, 0.29) is 5.41 Å². The Balaban J connectivity index is 1.73. The molecule has 0 aliphatic heterocycles. The minimum Gasteiger partial charge on any atom is -0.310 e. The van der Waals surface area contributed by atoms with Gasteiger partial charge < -0.3 is 4.57 Å². The third-order valence-electron chi connectivity index (χ3n) is 6.39. The Kier molecular flexibility index (Phi) is 4.29. The lowest BCUT2D eigenvalue weighted by atomic mass is 9.82. The predicted octanol–water partition coefficient (Wildman–Crippen LogP) is 7.88. The molecule has 0 saturated heterocycles. The predicted molar refractivity (Wildman–Crippen MR) is 128 cm³/mol. The van der Waals surface area contributed by atoms with Crippen LogP contribution >= 0.6 is 15.9 Å². The van der Waals surface area contributed by atoms with Crippen LogP contribution in [-0.2, 0) is 11.8 Å². The highest BCUT2D eigenvalue weighted by Gasteiger charge is 2.34. The zero-order valence-electron chi connectivity index (χ0n) is 17.0. The summed E-state index contributed by atoms with van der Waals surface area (Å²) in [5.74, 6) is 0. The highest BCUT2D eigenvalue weighted by molar-refractivity contribution is 9.10. The molecule has 0 unspecified atom stereocenters. The normalized spacial score (nSPS) is 17.4. The van der Waals surface area contributed by atoms with E-state index in [1.807, 2.05) is 0 Å². The van der Waals surface area contributed by atoms with Crippen molar-refractivity contribution >= 4 is 43.4 Å². The summed E-state index contributed by atoms with van der Waals surface area (Å²) < 4.78 is 3.52. The average Bonchev–Trinajstić information content (AvgIpc) is 3.18. The van der Waals surface area contributed by atoms with E-state index in [0.29, 0.717) is 0 Å². The second-order valence-corrected chi connectivity index (χ2v) is 9.27. The molecule has 1 nitrogen and oxygen atoms in total. The van der Waals surface area contributed by atoms with Gasteiger partial charge in [0.2, 0.25) is 0 Å². The van der Waals surface area contributed by atoms with Gasteiger partial charge in [0.15, 0.2) is 0 Å². The third-order valence-corrected chi connectivity index (χ3v) is 6.88. The number of rotatable bonds is 2. The first-order valence-electron chi connectivity index (χ1n) is 10.2. The topological polar surface area (TPSA) is 4.93 Å². The second-order valence-electron chi connectivity index (χ2n) is 8.36. The quantitative estimate of drug-likeness (QED) is 0.298. The molecule has 1 heterocycles. The first kappa shape index (κ1) is 18.4.